The van der Waals surface area contributed by atoms with E-state index in [1.807, 2.05) is 0 Å². The molecule has 23 heavy (non-hydrogen) atoms. The molecule has 0 aromatic carbocycles. The molecule has 0 spiro atoms. The second-order valence-electron chi connectivity index (χ2n) is 8.12. The molecule has 0 atom stereocenters. The van der Waals surface area contributed by atoms with Gasteiger partial charge in [0.05, 0.1) is 0 Å². The van der Waals surface area contributed by atoms with E-state index >= 15 is 0 Å². The van der Waals surface area contributed by atoms with Crippen LogP contribution in [0.25, 0.3) is 0 Å². The van der Waals surface area contributed by atoms with Gasteiger partial charge in [-0.3, -0.25) is 0 Å². The topological polar surface area (TPSA) is 0 Å². The summed E-state index contributed by atoms with van der Waals surface area (Å²) in [7, 11) is 0. The molecule has 0 aliphatic carbocycles. The Morgan fingerprint density at radius 2 is 0.609 bits per heavy atom. The van der Waals surface area contributed by atoms with Gasteiger partial charge >= 0.3 is 150 Å². The first kappa shape index (κ1) is 23.9. The summed E-state index contributed by atoms with van der Waals surface area (Å²) < 4.78 is 0. The molecule has 0 rings (SSSR count). The molecule has 0 unspecified atom stereocenters. The molecule has 0 aliphatic rings. The van der Waals surface area contributed by atoms with Crippen LogP contribution >= 0.6 is 13.9 Å². The summed E-state index contributed by atoms with van der Waals surface area (Å²) >= 11 is 0. The monoisotopic (exact) mass is 364 g/mol. The SMILES string of the molecule is CCCC[PH](CCCC)(CCCC)[PH](CCC)(CCC)CCC. The first-order chi connectivity index (χ1) is 11.1. The summed E-state index contributed by atoms with van der Waals surface area (Å²) in [6.07, 6.45) is 23.3. The molecule has 0 radical (unpaired) electrons. The standard InChI is InChI=1S/C21H50P2/c1-7-13-19-23(20-14-8-2,21-15-9-3)22(16-10-4,17-11-5)18-12-6/h22-23H,7-21H2,1-6H3. The zero-order valence-electron chi connectivity index (χ0n) is 17.6. The van der Waals surface area contributed by atoms with Gasteiger partial charge in [-0.05, 0) is 0 Å². The maximum absolute atomic E-state index is 2.48. The third-order valence-corrected chi connectivity index (χ3v) is 28.1. The number of rotatable bonds is 16. The average molecular weight is 365 g/mol. The molecular weight excluding hydrogens is 314 g/mol. The molecule has 0 N–H and O–H groups in total. The molecule has 0 bridgehead atoms. The Kier molecular flexibility index (Phi) is 14.6. The first-order valence-corrected chi connectivity index (χ1v) is 17.4. The molecule has 0 aliphatic heterocycles. The van der Waals surface area contributed by atoms with Crippen molar-refractivity contribution >= 4 is 13.9 Å². The van der Waals surface area contributed by atoms with Gasteiger partial charge in [-0.25, -0.2) is 0 Å². The Hall–Kier alpha value is 0.860. The van der Waals surface area contributed by atoms with Gasteiger partial charge in [0.25, 0.3) is 0 Å². The van der Waals surface area contributed by atoms with Crippen molar-refractivity contribution in [3.05, 3.63) is 0 Å². The molecule has 0 aromatic heterocycles. The Balaban J connectivity index is 5.75. The van der Waals surface area contributed by atoms with E-state index in [9.17, 15) is 0 Å². The van der Waals surface area contributed by atoms with Crippen LogP contribution in [0, 0.1) is 0 Å². The predicted molar refractivity (Wildman–Crippen MR) is 121 cm³/mol. The third-order valence-electron chi connectivity index (χ3n) is 6.34. The van der Waals surface area contributed by atoms with E-state index in [1.165, 1.54) is 57.8 Å². The summed E-state index contributed by atoms with van der Waals surface area (Å²) in [6.45, 7) is 12.6. The normalized spacial score (nSPS) is 14.2. The minimum atomic E-state index is -1.06. The predicted octanol–water partition coefficient (Wildman–Crippen LogP) is 8.03. The molecule has 0 saturated carbocycles. The van der Waals surface area contributed by atoms with Crippen LogP contribution in [0.3, 0.4) is 0 Å². The van der Waals surface area contributed by atoms with Crippen molar-refractivity contribution in [3.63, 3.8) is 0 Å². The van der Waals surface area contributed by atoms with Gasteiger partial charge < -0.3 is 0 Å². The van der Waals surface area contributed by atoms with Crippen LogP contribution < -0.4 is 0 Å². The molecule has 0 heterocycles. The Bertz CT molecular complexity index is 224. The summed E-state index contributed by atoms with van der Waals surface area (Å²) in [5.74, 6) is 0. The number of hydrogen-bond donors (Lipinski definition) is 0. The number of hydrogen-bond acceptors (Lipinski definition) is 0. The zero-order valence-corrected chi connectivity index (χ0v) is 19.6. The van der Waals surface area contributed by atoms with Crippen molar-refractivity contribution in [1.82, 2.24) is 0 Å². The van der Waals surface area contributed by atoms with Crippen molar-refractivity contribution in [1.29, 1.82) is 0 Å². The molecule has 0 saturated heterocycles. The van der Waals surface area contributed by atoms with E-state index in [0.717, 1.165) is 0 Å². The van der Waals surface area contributed by atoms with Crippen molar-refractivity contribution in [2.45, 2.75) is 99.3 Å². The van der Waals surface area contributed by atoms with E-state index in [0.29, 0.717) is 0 Å². The molecule has 0 amide bonds. The quantitative estimate of drug-likeness (QED) is 0.243. The second-order valence-corrected chi connectivity index (χ2v) is 22.6. The van der Waals surface area contributed by atoms with E-state index in [-0.39, 0.29) is 0 Å². The van der Waals surface area contributed by atoms with E-state index in [2.05, 4.69) is 41.5 Å². The summed E-state index contributed by atoms with van der Waals surface area (Å²) in [5, 5.41) is 0. The van der Waals surface area contributed by atoms with Crippen molar-refractivity contribution in [2.24, 2.45) is 0 Å². The summed E-state index contributed by atoms with van der Waals surface area (Å²) in [5.41, 5.74) is 0. The fourth-order valence-electron chi connectivity index (χ4n) is 5.32. The summed E-state index contributed by atoms with van der Waals surface area (Å²) in [6, 6.07) is 0. The van der Waals surface area contributed by atoms with Gasteiger partial charge in [0, 0.05) is 0 Å². The van der Waals surface area contributed by atoms with Crippen LogP contribution in [0.15, 0.2) is 0 Å². The Morgan fingerprint density at radius 3 is 0.826 bits per heavy atom. The van der Waals surface area contributed by atoms with Gasteiger partial charge in [0.2, 0.25) is 0 Å². The third kappa shape index (κ3) is 7.32. The van der Waals surface area contributed by atoms with Crippen LogP contribution in [0.1, 0.15) is 99.3 Å². The molecule has 0 aromatic rings. The molecule has 2 heteroatoms. The Morgan fingerprint density at radius 1 is 0.348 bits per heavy atom. The fraction of sp³-hybridized carbons (Fsp3) is 1.00. The average Bonchev–Trinajstić information content (AvgIpc) is 2.55. The second kappa shape index (κ2) is 14.1. The Labute approximate surface area is 150 Å². The van der Waals surface area contributed by atoms with Crippen LogP contribution in [0.5, 0.6) is 0 Å². The maximum atomic E-state index is 2.48. The van der Waals surface area contributed by atoms with Gasteiger partial charge in [-0.15, -0.1) is 0 Å². The fourth-order valence-corrected chi connectivity index (χ4v) is 29.4. The first-order valence-electron chi connectivity index (χ1n) is 11.1. The van der Waals surface area contributed by atoms with Crippen LogP contribution in [-0.2, 0) is 0 Å². The van der Waals surface area contributed by atoms with Crippen molar-refractivity contribution < 1.29 is 0 Å². The molecule has 0 fully saturated rings. The minimum absolute atomic E-state index is 1.05. The molecule has 0 nitrogen and oxygen atoms in total. The van der Waals surface area contributed by atoms with E-state index in [1.54, 1.807) is 37.0 Å². The molecule has 144 valence electrons. The summed E-state index contributed by atoms with van der Waals surface area (Å²) in [4.78, 5) is 0. The van der Waals surface area contributed by atoms with E-state index in [4.69, 9.17) is 0 Å². The van der Waals surface area contributed by atoms with Crippen LogP contribution in [-0.4, -0.2) is 37.0 Å². The van der Waals surface area contributed by atoms with Crippen LogP contribution in [0.2, 0.25) is 0 Å². The number of unbranched alkanes of at least 4 members (excludes halogenated alkanes) is 3. The van der Waals surface area contributed by atoms with Crippen molar-refractivity contribution in [3.8, 4) is 0 Å². The van der Waals surface area contributed by atoms with Crippen molar-refractivity contribution in [2.75, 3.05) is 37.0 Å². The van der Waals surface area contributed by atoms with Gasteiger partial charge in [0.1, 0.15) is 0 Å². The van der Waals surface area contributed by atoms with Gasteiger partial charge in [0.15, 0.2) is 0 Å². The van der Waals surface area contributed by atoms with Crippen LogP contribution in [0.4, 0.5) is 0 Å². The molecular formula is C21H50P2. The van der Waals surface area contributed by atoms with Gasteiger partial charge in [-0.1, -0.05) is 0 Å². The van der Waals surface area contributed by atoms with E-state index < -0.39 is 13.9 Å². The van der Waals surface area contributed by atoms with Gasteiger partial charge in [-0.2, -0.15) is 0 Å². The zero-order chi connectivity index (χ0) is 17.6.